The highest BCUT2D eigenvalue weighted by Gasteiger charge is 2.37. The van der Waals surface area contributed by atoms with E-state index in [0.29, 0.717) is 57.5 Å². The van der Waals surface area contributed by atoms with Crippen LogP contribution in [0.1, 0.15) is 12.5 Å². The number of hydrogen-bond donors (Lipinski definition) is 1. The fourth-order valence-electron chi connectivity index (χ4n) is 4.37. The number of aliphatic carboxylic acids is 1. The van der Waals surface area contributed by atoms with E-state index in [0.717, 1.165) is 24.2 Å². The molecule has 1 unspecified atom stereocenters. The summed E-state index contributed by atoms with van der Waals surface area (Å²) >= 11 is 0. The first-order valence-electron chi connectivity index (χ1n) is 10.4. The van der Waals surface area contributed by atoms with E-state index in [-0.39, 0.29) is 12.0 Å². The topological polar surface area (TPSA) is 65.5 Å². The Bertz CT molecular complexity index is 845. The minimum Gasteiger partial charge on any atom is -0.478 e. The molecule has 3 aliphatic rings. The fraction of sp³-hybridized carbons (Fsp3) is 0.500. The van der Waals surface area contributed by atoms with Crippen LogP contribution in [0.15, 0.2) is 47.3 Å². The summed E-state index contributed by atoms with van der Waals surface area (Å²) in [5, 5.41) is 10.1. The van der Waals surface area contributed by atoms with Gasteiger partial charge < -0.3 is 24.4 Å². The Kier molecular flexibility index (Phi) is 6.36. The van der Waals surface area contributed by atoms with Crippen LogP contribution in [0.5, 0.6) is 0 Å². The molecule has 0 bridgehead atoms. The van der Waals surface area contributed by atoms with Crippen LogP contribution >= 0.6 is 0 Å². The lowest BCUT2D eigenvalue weighted by Gasteiger charge is -2.48. The van der Waals surface area contributed by atoms with Crippen LogP contribution in [0.25, 0.3) is 0 Å². The van der Waals surface area contributed by atoms with Gasteiger partial charge in [-0.25, -0.2) is 9.18 Å². The number of benzene rings is 1. The van der Waals surface area contributed by atoms with Gasteiger partial charge in [-0.1, -0.05) is 12.1 Å². The van der Waals surface area contributed by atoms with Crippen molar-refractivity contribution in [2.24, 2.45) is 0 Å². The number of carbonyl (C=O) groups is 1. The lowest BCUT2D eigenvalue weighted by Crippen LogP contribution is -2.56. The molecule has 162 valence electrons. The van der Waals surface area contributed by atoms with E-state index >= 15 is 0 Å². The minimum atomic E-state index is -0.949. The molecule has 2 saturated heterocycles. The van der Waals surface area contributed by atoms with Crippen molar-refractivity contribution in [2.75, 3.05) is 52.6 Å². The Hall–Kier alpha value is -2.42. The molecule has 3 aliphatic heterocycles. The second kappa shape index (κ2) is 9.16. The summed E-state index contributed by atoms with van der Waals surface area (Å²) in [6.45, 7) is 7.40. The highest BCUT2D eigenvalue weighted by atomic mass is 19.1. The molecule has 0 aliphatic carbocycles. The van der Waals surface area contributed by atoms with Crippen LogP contribution in [0.4, 0.5) is 4.39 Å². The average Bonchev–Trinajstić information content (AvgIpc) is 2.75. The van der Waals surface area contributed by atoms with Crippen molar-refractivity contribution < 1.29 is 23.8 Å². The van der Waals surface area contributed by atoms with Gasteiger partial charge in [0.05, 0.1) is 26.4 Å². The van der Waals surface area contributed by atoms with E-state index in [1.54, 1.807) is 6.07 Å². The zero-order valence-electron chi connectivity index (χ0n) is 17.2. The van der Waals surface area contributed by atoms with E-state index in [2.05, 4.69) is 14.7 Å². The third kappa shape index (κ3) is 4.35. The van der Waals surface area contributed by atoms with Crippen molar-refractivity contribution in [3.63, 3.8) is 0 Å². The molecule has 8 heteroatoms. The Balaban J connectivity index is 1.78. The Morgan fingerprint density at radius 2 is 1.80 bits per heavy atom. The quantitative estimate of drug-likeness (QED) is 0.785. The molecule has 1 aromatic rings. The molecule has 30 heavy (non-hydrogen) atoms. The lowest BCUT2D eigenvalue weighted by atomic mass is 9.99. The van der Waals surface area contributed by atoms with Crippen molar-refractivity contribution in [1.29, 1.82) is 0 Å². The molecule has 0 aromatic heterocycles. The van der Waals surface area contributed by atoms with E-state index < -0.39 is 5.97 Å². The molecule has 0 saturated carbocycles. The molecule has 2 fully saturated rings. The number of carboxylic acid groups (broad SMARTS) is 1. The summed E-state index contributed by atoms with van der Waals surface area (Å²) in [4.78, 5) is 18.8. The second-order valence-electron chi connectivity index (χ2n) is 7.77. The minimum absolute atomic E-state index is 0.127. The zero-order chi connectivity index (χ0) is 21.1. The molecule has 3 heterocycles. The normalized spacial score (nSPS) is 23.5. The first-order valence-corrected chi connectivity index (χ1v) is 10.4. The van der Waals surface area contributed by atoms with Crippen LogP contribution in [-0.2, 0) is 20.8 Å². The molecule has 1 N–H and O–H groups in total. The number of nitrogens with zero attached hydrogens (tertiary/aromatic N) is 3. The average molecular weight is 417 g/mol. The van der Waals surface area contributed by atoms with Gasteiger partial charge in [0.1, 0.15) is 23.4 Å². The SMILES string of the molecule is CC1=CC(N2CCOCC2)N(Cc2cccc(F)c2)C(N2CCOCC2)=C1C(=O)O. The summed E-state index contributed by atoms with van der Waals surface area (Å²) < 4.78 is 24.9. The van der Waals surface area contributed by atoms with Crippen LogP contribution in [-0.4, -0.2) is 84.5 Å². The smallest absolute Gasteiger partial charge is 0.339 e. The Morgan fingerprint density at radius 3 is 2.43 bits per heavy atom. The molecular weight excluding hydrogens is 389 g/mol. The van der Waals surface area contributed by atoms with E-state index in [1.165, 1.54) is 12.1 Å². The van der Waals surface area contributed by atoms with Crippen molar-refractivity contribution in [3.8, 4) is 0 Å². The monoisotopic (exact) mass is 417 g/mol. The molecular formula is C22H28FN3O4. The molecule has 0 amide bonds. The number of morpholine rings is 2. The predicted octanol–water partition coefficient (Wildman–Crippen LogP) is 1.87. The van der Waals surface area contributed by atoms with Crippen molar-refractivity contribution in [2.45, 2.75) is 19.6 Å². The molecule has 1 atom stereocenters. The maximum Gasteiger partial charge on any atom is 0.339 e. The highest BCUT2D eigenvalue weighted by molar-refractivity contribution is 5.92. The zero-order valence-corrected chi connectivity index (χ0v) is 17.2. The fourth-order valence-corrected chi connectivity index (χ4v) is 4.37. The van der Waals surface area contributed by atoms with Crippen LogP contribution in [0.3, 0.4) is 0 Å². The summed E-state index contributed by atoms with van der Waals surface area (Å²) in [6.07, 6.45) is 1.89. The summed E-state index contributed by atoms with van der Waals surface area (Å²) in [5.74, 6) is -0.559. The second-order valence-corrected chi connectivity index (χ2v) is 7.77. The van der Waals surface area contributed by atoms with Crippen LogP contribution in [0, 0.1) is 5.82 Å². The third-order valence-corrected chi connectivity index (χ3v) is 5.79. The maximum absolute atomic E-state index is 13.9. The number of carboxylic acids is 1. The van der Waals surface area contributed by atoms with Gasteiger partial charge in [-0.3, -0.25) is 4.90 Å². The van der Waals surface area contributed by atoms with Gasteiger partial charge in [-0.05, 0) is 36.3 Å². The van der Waals surface area contributed by atoms with Gasteiger partial charge in [-0.2, -0.15) is 0 Å². The van der Waals surface area contributed by atoms with E-state index in [9.17, 15) is 14.3 Å². The van der Waals surface area contributed by atoms with E-state index in [1.807, 2.05) is 19.1 Å². The number of rotatable bonds is 5. The predicted molar refractivity (Wildman–Crippen MR) is 109 cm³/mol. The first-order chi connectivity index (χ1) is 14.5. The molecule has 1 aromatic carbocycles. The molecule has 4 rings (SSSR count). The number of hydrogen-bond acceptors (Lipinski definition) is 6. The van der Waals surface area contributed by atoms with Crippen molar-refractivity contribution in [3.05, 3.63) is 58.7 Å². The largest absolute Gasteiger partial charge is 0.478 e. The van der Waals surface area contributed by atoms with Gasteiger partial charge in [0.15, 0.2) is 0 Å². The summed E-state index contributed by atoms with van der Waals surface area (Å²) in [7, 11) is 0. The van der Waals surface area contributed by atoms with Gasteiger partial charge in [-0.15, -0.1) is 0 Å². The Morgan fingerprint density at radius 1 is 1.13 bits per heavy atom. The van der Waals surface area contributed by atoms with Crippen LogP contribution in [0.2, 0.25) is 0 Å². The Labute approximate surface area is 176 Å². The van der Waals surface area contributed by atoms with Gasteiger partial charge in [0.2, 0.25) is 0 Å². The van der Waals surface area contributed by atoms with E-state index in [4.69, 9.17) is 9.47 Å². The number of ether oxygens (including phenoxy) is 2. The van der Waals surface area contributed by atoms with Crippen molar-refractivity contribution in [1.82, 2.24) is 14.7 Å². The lowest BCUT2D eigenvalue weighted by molar-refractivity contribution is -0.133. The molecule has 0 radical (unpaired) electrons. The van der Waals surface area contributed by atoms with Crippen LogP contribution < -0.4 is 0 Å². The van der Waals surface area contributed by atoms with Gasteiger partial charge in [0.25, 0.3) is 0 Å². The summed E-state index contributed by atoms with van der Waals surface area (Å²) in [6, 6.07) is 6.50. The third-order valence-electron chi connectivity index (χ3n) is 5.79. The number of halogens is 1. The molecule has 0 spiro atoms. The standard InChI is InChI=1S/C22H28FN3O4/c1-16-13-19(24-5-9-29-10-6-24)26(15-17-3-2-4-18(23)14-17)21(20(16)22(27)28)25-7-11-30-12-8-25/h2-4,13-14,19H,5-12,15H2,1H3,(H,27,28). The summed E-state index contributed by atoms with van der Waals surface area (Å²) in [5.41, 5.74) is 1.85. The molecule has 7 nitrogen and oxygen atoms in total. The van der Waals surface area contributed by atoms with Crippen molar-refractivity contribution >= 4 is 5.97 Å². The maximum atomic E-state index is 13.9. The van der Waals surface area contributed by atoms with Gasteiger partial charge in [0, 0.05) is 32.7 Å². The first kappa shape index (κ1) is 20.8. The van der Waals surface area contributed by atoms with Gasteiger partial charge >= 0.3 is 5.97 Å². The highest BCUT2D eigenvalue weighted by Crippen LogP contribution is 2.33.